The topological polar surface area (TPSA) is 84.6 Å². The second-order valence-electron chi connectivity index (χ2n) is 4.45. The zero-order valence-corrected chi connectivity index (χ0v) is 13.2. The van der Waals surface area contributed by atoms with E-state index < -0.39 is 4.92 Å². The maximum atomic E-state index is 11.9. The summed E-state index contributed by atoms with van der Waals surface area (Å²) in [6, 6.07) is 12.9. The molecule has 0 aliphatic carbocycles. The summed E-state index contributed by atoms with van der Waals surface area (Å²) >= 11 is 3.29. The van der Waals surface area contributed by atoms with Crippen LogP contribution in [-0.4, -0.2) is 16.5 Å². The Balaban J connectivity index is 2.12. The fourth-order valence-electron chi connectivity index (χ4n) is 1.71. The van der Waals surface area contributed by atoms with Gasteiger partial charge in [0.25, 0.3) is 11.6 Å². The minimum atomic E-state index is -0.475. The van der Waals surface area contributed by atoms with Gasteiger partial charge in [-0.2, -0.15) is 5.10 Å². The Morgan fingerprint density at radius 1 is 1.18 bits per heavy atom. The number of nitro benzene ring substituents is 1. The molecule has 0 atom stereocenters. The van der Waals surface area contributed by atoms with Gasteiger partial charge in [-0.05, 0) is 31.2 Å². The first-order valence-corrected chi connectivity index (χ1v) is 7.11. The van der Waals surface area contributed by atoms with Crippen LogP contribution in [0.15, 0.2) is 58.1 Å². The predicted molar refractivity (Wildman–Crippen MR) is 86.9 cm³/mol. The molecule has 0 spiro atoms. The first-order valence-electron chi connectivity index (χ1n) is 6.32. The largest absolute Gasteiger partial charge is 0.271 e. The van der Waals surface area contributed by atoms with E-state index in [1.54, 1.807) is 43.3 Å². The molecule has 0 saturated heterocycles. The number of hydrazone groups is 1. The number of nitrogens with zero attached hydrogens (tertiary/aromatic N) is 2. The van der Waals surface area contributed by atoms with E-state index in [4.69, 9.17) is 0 Å². The lowest BCUT2D eigenvalue weighted by Crippen LogP contribution is -2.19. The van der Waals surface area contributed by atoms with Crippen LogP contribution >= 0.6 is 15.9 Å². The minimum Gasteiger partial charge on any atom is -0.267 e. The lowest BCUT2D eigenvalue weighted by Gasteiger charge is -2.03. The van der Waals surface area contributed by atoms with Gasteiger partial charge in [0.2, 0.25) is 0 Å². The first-order chi connectivity index (χ1) is 10.5. The van der Waals surface area contributed by atoms with Crippen molar-refractivity contribution < 1.29 is 9.72 Å². The molecular weight excluding hydrogens is 350 g/mol. The van der Waals surface area contributed by atoms with E-state index in [-0.39, 0.29) is 11.6 Å². The second-order valence-corrected chi connectivity index (χ2v) is 5.37. The Kier molecular flexibility index (Phi) is 5.00. The van der Waals surface area contributed by atoms with E-state index in [1.165, 1.54) is 12.1 Å². The lowest BCUT2D eigenvalue weighted by molar-refractivity contribution is -0.384. The van der Waals surface area contributed by atoms with Crippen LogP contribution in [0, 0.1) is 10.1 Å². The van der Waals surface area contributed by atoms with Crippen LogP contribution < -0.4 is 5.43 Å². The zero-order chi connectivity index (χ0) is 16.1. The fraction of sp³-hybridized carbons (Fsp3) is 0.0667. The molecule has 112 valence electrons. The number of benzene rings is 2. The summed E-state index contributed by atoms with van der Waals surface area (Å²) in [6.07, 6.45) is 0. The van der Waals surface area contributed by atoms with Crippen molar-refractivity contribution in [1.82, 2.24) is 5.43 Å². The summed E-state index contributed by atoms with van der Waals surface area (Å²) in [7, 11) is 0. The standard InChI is InChI=1S/C15H12BrN3O3/c1-10(12-3-2-4-14(9-12)19(21)22)17-18-15(20)11-5-7-13(16)8-6-11/h2-9H,1H3,(H,18,20). The van der Waals surface area contributed by atoms with E-state index in [2.05, 4.69) is 26.5 Å². The third kappa shape index (κ3) is 3.98. The molecule has 0 saturated carbocycles. The highest BCUT2D eigenvalue weighted by molar-refractivity contribution is 9.10. The quantitative estimate of drug-likeness (QED) is 0.513. The van der Waals surface area contributed by atoms with E-state index >= 15 is 0 Å². The molecule has 0 unspecified atom stereocenters. The molecule has 2 aromatic rings. The zero-order valence-electron chi connectivity index (χ0n) is 11.6. The molecule has 0 aliphatic heterocycles. The Morgan fingerprint density at radius 2 is 1.86 bits per heavy atom. The Labute approximate surface area is 135 Å². The smallest absolute Gasteiger partial charge is 0.267 e. The number of hydrogen-bond acceptors (Lipinski definition) is 4. The van der Waals surface area contributed by atoms with E-state index in [9.17, 15) is 14.9 Å². The second kappa shape index (κ2) is 6.95. The van der Waals surface area contributed by atoms with Crippen molar-refractivity contribution in [3.8, 4) is 0 Å². The van der Waals surface area contributed by atoms with Gasteiger partial charge in [0.15, 0.2) is 0 Å². The van der Waals surface area contributed by atoms with Crippen molar-refractivity contribution >= 4 is 33.2 Å². The number of carbonyl (C=O) groups is 1. The van der Waals surface area contributed by atoms with Crippen LogP contribution in [0.4, 0.5) is 5.69 Å². The first kappa shape index (κ1) is 15.8. The molecule has 2 aromatic carbocycles. The normalized spacial score (nSPS) is 11.1. The highest BCUT2D eigenvalue weighted by Crippen LogP contribution is 2.14. The molecule has 0 fully saturated rings. The molecule has 7 heteroatoms. The number of amides is 1. The number of halogens is 1. The molecular formula is C15H12BrN3O3. The monoisotopic (exact) mass is 361 g/mol. The predicted octanol–water partition coefficient (Wildman–Crippen LogP) is 3.51. The number of hydrogen-bond donors (Lipinski definition) is 1. The molecule has 6 nitrogen and oxygen atoms in total. The number of nitrogens with one attached hydrogen (secondary N) is 1. The molecule has 1 N–H and O–H groups in total. The maximum absolute atomic E-state index is 11.9. The van der Waals surface area contributed by atoms with Gasteiger partial charge in [0, 0.05) is 27.7 Å². The Hall–Kier alpha value is -2.54. The van der Waals surface area contributed by atoms with Gasteiger partial charge in [-0.25, -0.2) is 5.43 Å². The van der Waals surface area contributed by atoms with E-state index in [1.807, 2.05) is 0 Å². The number of rotatable bonds is 4. The lowest BCUT2D eigenvalue weighted by atomic mass is 10.1. The molecule has 0 bridgehead atoms. The number of non-ortho nitro benzene ring substituents is 1. The Morgan fingerprint density at radius 3 is 2.50 bits per heavy atom. The third-order valence-corrected chi connectivity index (χ3v) is 3.43. The molecule has 0 heterocycles. The summed E-state index contributed by atoms with van der Waals surface area (Å²) in [5, 5.41) is 14.7. The van der Waals surface area contributed by atoms with Crippen LogP contribution in [0.3, 0.4) is 0 Å². The van der Waals surface area contributed by atoms with Gasteiger partial charge in [-0.1, -0.05) is 28.1 Å². The van der Waals surface area contributed by atoms with E-state index in [0.29, 0.717) is 16.8 Å². The molecule has 22 heavy (non-hydrogen) atoms. The molecule has 0 radical (unpaired) electrons. The van der Waals surface area contributed by atoms with Crippen molar-refractivity contribution in [2.75, 3.05) is 0 Å². The van der Waals surface area contributed by atoms with E-state index in [0.717, 1.165) is 4.47 Å². The van der Waals surface area contributed by atoms with Crippen LogP contribution in [-0.2, 0) is 0 Å². The van der Waals surface area contributed by atoms with Crippen LogP contribution in [0.25, 0.3) is 0 Å². The van der Waals surface area contributed by atoms with Crippen molar-refractivity contribution in [3.05, 3.63) is 74.2 Å². The van der Waals surface area contributed by atoms with Gasteiger partial charge >= 0.3 is 0 Å². The van der Waals surface area contributed by atoms with Gasteiger partial charge in [0.05, 0.1) is 10.6 Å². The SMILES string of the molecule is CC(=NNC(=O)c1ccc(Br)cc1)c1cccc([N+](=O)[O-])c1. The summed E-state index contributed by atoms with van der Waals surface area (Å²) in [5.41, 5.74) is 3.93. The molecule has 2 rings (SSSR count). The van der Waals surface area contributed by atoms with Crippen LogP contribution in [0.1, 0.15) is 22.8 Å². The van der Waals surface area contributed by atoms with Gasteiger partial charge < -0.3 is 0 Å². The van der Waals surface area contributed by atoms with Crippen LogP contribution in [0.5, 0.6) is 0 Å². The summed E-state index contributed by atoms with van der Waals surface area (Å²) in [6.45, 7) is 1.67. The number of nitro groups is 1. The van der Waals surface area contributed by atoms with Gasteiger partial charge in [-0.15, -0.1) is 0 Å². The highest BCUT2D eigenvalue weighted by atomic mass is 79.9. The van der Waals surface area contributed by atoms with Crippen molar-refractivity contribution in [1.29, 1.82) is 0 Å². The highest BCUT2D eigenvalue weighted by Gasteiger charge is 2.08. The van der Waals surface area contributed by atoms with Crippen molar-refractivity contribution in [2.45, 2.75) is 6.92 Å². The average Bonchev–Trinajstić information content (AvgIpc) is 2.53. The van der Waals surface area contributed by atoms with Gasteiger partial charge in [-0.3, -0.25) is 14.9 Å². The Bertz CT molecular complexity index is 742. The van der Waals surface area contributed by atoms with Gasteiger partial charge in [0.1, 0.15) is 0 Å². The third-order valence-electron chi connectivity index (χ3n) is 2.91. The van der Waals surface area contributed by atoms with Crippen molar-refractivity contribution in [3.63, 3.8) is 0 Å². The fourth-order valence-corrected chi connectivity index (χ4v) is 1.97. The molecule has 1 amide bonds. The minimum absolute atomic E-state index is 0.0220. The van der Waals surface area contributed by atoms with Crippen molar-refractivity contribution in [2.24, 2.45) is 5.10 Å². The molecule has 0 aliphatic rings. The average molecular weight is 362 g/mol. The maximum Gasteiger partial charge on any atom is 0.271 e. The summed E-state index contributed by atoms with van der Waals surface area (Å²) in [4.78, 5) is 22.2. The van der Waals surface area contributed by atoms with Crippen LogP contribution in [0.2, 0.25) is 0 Å². The summed E-state index contributed by atoms with van der Waals surface area (Å²) < 4.78 is 0.875. The summed E-state index contributed by atoms with van der Waals surface area (Å²) in [5.74, 6) is -0.350. The molecule has 0 aromatic heterocycles. The number of carbonyl (C=O) groups excluding carboxylic acids is 1.